The summed E-state index contributed by atoms with van der Waals surface area (Å²) in [4.78, 5) is 6.09. The maximum absolute atomic E-state index is 6.27. The SMILES string of the molecule is CC(C)NCCCCCCOc1ccc(C2c3[nH]c4ccc(Cl)cc4c3CCN2C)cc1. The number of nitrogens with zero attached hydrogens (tertiary/aromatic N) is 1. The molecule has 1 atom stereocenters. The molecule has 3 aromatic rings. The molecule has 0 saturated heterocycles. The fourth-order valence-corrected chi connectivity index (χ4v) is 4.88. The zero-order chi connectivity index (χ0) is 22.5. The molecular weight excluding hydrogens is 418 g/mol. The third kappa shape index (κ3) is 5.48. The van der Waals surface area contributed by atoms with Gasteiger partial charge in [-0.3, -0.25) is 4.90 Å². The Morgan fingerprint density at radius 3 is 2.66 bits per heavy atom. The van der Waals surface area contributed by atoms with Crippen molar-refractivity contribution in [1.82, 2.24) is 15.2 Å². The third-order valence-electron chi connectivity index (χ3n) is 6.42. The van der Waals surface area contributed by atoms with Crippen LogP contribution in [-0.2, 0) is 6.42 Å². The molecule has 0 fully saturated rings. The second-order valence-electron chi connectivity index (χ2n) is 9.28. The van der Waals surface area contributed by atoms with Gasteiger partial charge in [0.25, 0.3) is 0 Å². The van der Waals surface area contributed by atoms with Crippen LogP contribution in [0.1, 0.15) is 62.4 Å². The summed E-state index contributed by atoms with van der Waals surface area (Å²) in [5, 5.41) is 5.52. The van der Waals surface area contributed by atoms with E-state index < -0.39 is 0 Å². The largest absolute Gasteiger partial charge is 0.494 e. The summed E-state index contributed by atoms with van der Waals surface area (Å²) >= 11 is 6.27. The van der Waals surface area contributed by atoms with Crippen LogP contribution < -0.4 is 10.1 Å². The van der Waals surface area contributed by atoms with Crippen molar-refractivity contribution in [3.8, 4) is 5.75 Å². The van der Waals surface area contributed by atoms with Crippen molar-refractivity contribution in [3.05, 3.63) is 64.3 Å². The predicted molar refractivity (Wildman–Crippen MR) is 135 cm³/mol. The highest BCUT2D eigenvalue weighted by molar-refractivity contribution is 6.31. The highest BCUT2D eigenvalue weighted by Crippen LogP contribution is 2.38. The van der Waals surface area contributed by atoms with E-state index in [1.807, 2.05) is 6.07 Å². The first-order valence-corrected chi connectivity index (χ1v) is 12.4. The molecule has 0 saturated carbocycles. The zero-order valence-electron chi connectivity index (χ0n) is 19.6. The lowest BCUT2D eigenvalue weighted by atomic mass is 9.93. The maximum atomic E-state index is 6.27. The van der Waals surface area contributed by atoms with Crippen molar-refractivity contribution in [3.63, 3.8) is 0 Å². The topological polar surface area (TPSA) is 40.3 Å². The van der Waals surface area contributed by atoms with Crippen molar-refractivity contribution < 1.29 is 4.74 Å². The molecule has 2 aromatic carbocycles. The summed E-state index contributed by atoms with van der Waals surface area (Å²) in [7, 11) is 2.20. The van der Waals surface area contributed by atoms with E-state index >= 15 is 0 Å². The van der Waals surface area contributed by atoms with Crippen LogP contribution in [0.4, 0.5) is 0 Å². The first-order chi connectivity index (χ1) is 15.5. The van der Waals surface area contributed by atoms with Crippen molar-refractivity contribution in [1.29, 1.82) is 0 Å². The Labute approximate surface area is 197 Å². The number of H-pyrrole nitrogens is 1. The van der Waals surface area contributed by atoms with Gasteiger partial charge in [0.2, 0.25) is 0 Å². The van der Waals surface area contributed by atoms with Gasteiger partial charge in [0, 0.05) is 34.2 Å². The minimum absolute atomic E-state index is 0.221. The summed E-state index contributed by atoms with van der Waals surface area (Å²) in [5.74, 6) is 0.956. The molecule has 0 amide bonds. The van der Waals surface area contributed by atoms with Crippen molar-refractivity contribution in [2.75, 3.05) is 26.7 Å². The standard InChI is InChI=1S/C27H36ClN3O/c1-19(2)29-15-6-4-5-7-17-32-22-11-8-20(9-12-22)27-26-23(14-16-31(27)3)24-18-21(28)10-13-25(24)30-26/h8-13,18-19,27,29-30H,4-7,14-17H2,1-3H3. The number of unbranched alkanes of at least 4 members (excludes halogenated alkanes) is 3. The smallest absolute Gasteiger partial charge is 0.119 e. The zero-order valence-corrected chi connectivity index (χ0v) is 20.3. The molecule has 1 aliphatic rings. The Bertz CT molecular complexity index is 1010. The van der Waals surface area contributed by atoms with Gasteiger partial charge in [-0.25, -0.2) is 0 Å². The molecular formula is C27H36ClN3O. The minimum atomic E-state index is 0.221. The number of halogens is 1. The van der Waals surface area contributed by atoms with Gasteiger partial charge in [-0.2, -0.15) is 0 Å². The van der Waals surface area contributed by atoms with E-state index in [1.54, 1.807) is 0 Å². The molecule has 2 heterocycles. The third-order valence-corrected chi connectivity index (χ3v) is 6.65. The second-order valence-corrected chi connectivity index (χ2v) is 9.72. The van der Waals surface area contributed by atoms with Crippen molar-refractivity contribution in [2.24, 2.45) is 0 Å². The normalized spacial score (nSPS) is 16.6. The number of fused-ring (bicyclic) bond motifs is 3. The molecule has 0 radical (unpaired) electrons. The van der Waals surface area contributed by atoms with Gasteiger partial charge in [-0.1, -0.05) is 50.4 Å². The van der Waals surface area contributed by atoms with E-state index in [-0.39, 0.29) is 6.04 Å². The summed E-state index contributed by atoms with van der Waals surface area (Å²) < 4.78 is 6.00. The van der Waals surface area contributed by atoms with Gasteiger partial charge >= 0.3 is 0 Å². The van der Waals surface area contributed by atoms with Gasteiger partial charge in [0.05, 0.1) is 12.6 Å². The van der Waals surface area contributed by atoms with Gasteiger partial charge in [0.1, 0.15) is 5.75 Å². The maximum Gasteiger partial charge on any atom is 0.119 e. The number of aromatic nitrogens is 1. The summed E-state index contributed by atoms with van der Waals surface area (Å²) in [6.07, 6.45) is 5.86. The van der Waals surface area contributed by atoms with Gasteiger partial charge < -0.3 is 15.0 Å². The Morgan fingerprint density at radius 2 is 1.88 bits per heavy atom. The van der Waals surface area contributed by atoms with E-state index in [0.29, 0.717) is 6.04 Å². The molecule has 32 heavy (non-hydrogen) atoms. The van der Waals surface area contributed by atoms with E-state index in [9.17, 15) is 0 Å². The van der Waals surface area contributed by atoms with Crippen molar-refractivity contribution in [2.45, 2.75) is 58.0 Å². The lowest BCUT2D eigenvalue weighted by molar-refractivity contribution is 0.261. The van der Waals surface area contributed by atoms with Crippen LogP contribution in [0.5, 0.6) is 5.75 Å². The average molecular weight is 454 g/mol. The molecule has 4 rings (SSSR count). The fraction of sp³-hybridized carbons (Fsp3) is 0.481. The van der Waals surface area contributed by atoms with Crippen LogP contribution in [0.15, 0.2) is 42.5 Å². The van der Waals surface area contributed by atoms with Crippen LogP contribution >= 0.6 is 11.6 Å². The Balaban J connectivity index is 1.35. The first kappa shape index (κ1) is 23.2. The predicted octanol–water partition coefficient (Wildman–Crippen LogP) is 6.34. The van der Waals surface area contributed by atoms with E-state index in [4.69, 9.17) is 16.3 Å². The Kier molecular flexibility index (Phi) is 7.77. The number of hydrogen-bond acceptors (Lipinski definition) is 3. The molecule has 2 N–H and O–H groups in total. The first-order valence-electron chi connectivity index (χ1n) is 12.0. The highest BCUT2D eigenvalue weighted by Gasteiger charge is 2.29. The lowest BCUT2D eigenvalue weighted by Gasteiger charge is -2.33. The van der Waals surface area contributed by atoms with Crippen LogP contribution in [0, 0.1) is 0 Å². The number of benzene rings is 2. The molecule has 0 spiro atoms. The van der Waals surface area contributed by atoms with Crippen LogP contribution in [0.3, 0.4) is 0 Å². The Morgan fingerprint density at radius 1 is 1.09 bits per heavy atom. The summed E-state index contributed by atoms with van der Waals surface area (Å²) in [5.41, 5.74) is 5.14. The van der Waals surface area contributed by atoms with E-state index in [0.717, 1.165) is 43.3 Å². The number of hydrogen-bond donors (Lipinski definition) is 2. The Hall–Kier alpha value is -2.01. The number of nitrogens with one attached hydrogen (secondary N) is 2. The summed E-state index contributed by atoms with van der Waals surface area (Å²) in [6, 6.07) is 15.6. The van der Waals surface area contributed by atoms with E-state index in [2.05, 4.69) is 72.5 Å². The molecule has 5 heteroatoms. The summed E-state index contributed by atoms with van der Waals surface area (Å²) in [6.45, 7) is 7.32. The number of aromatic amines is 1. The second kappa shape index (κ2) is 10.7. The fourth-order valence-electron chi connectivity index (χ4n) is 4.71. The van der Waals surface area contributed by atoms with Crippen LogP contribution in [0.2, 0.25) is 5.02 Å². The quantitative estimate of drug-likeness (QED) is 0.352. The highest BCUT2D eigenvalue weighted by atomic mass is 35.5. The van der Waals surface area contributed by atoms with Gasteiger partial charge in [-0.15, -0.1) is 0 Å². The van der Waals surface area contributed by atoms with Crippen LogP contribution in [-0.4, -0.2) is 42.7 Å². The average Bonchev–Trinajstić information content (AvgIpc) is 3.13. The van der Waals surface area contributed by atoms with Gasteiger partial charge in [-0.05, 0) is 74.3 Å². The molecule has 0 aliphatic carbocycles. The number of likely N-dealkylation sites (N-methyl/N-ethyl adjacent to an activating group) is 1. The molecule has 172 valence electrons. The number of ether oxygens (including phenoxy) is 1. The molecule has 1 aliphatic heterocycles. The monoisotopic (exact) mass is 453 g/mol. The van der Waals surface area contributed by atoms with E-state index in [1.165, 1.54) is 47.0 Å². The minimum Gasteiger partial charge on any atom is -0.494 e. The molecule has 1 unspecified atom stereocenters. The molecule has 1 aromatic heterocycles. The molecule has 0 bridgehead atoms. The van der Waals surface area contributed by atoms with Gasteiger partial charge in [0.15, 0.2) is 0 Å². The van der Waals surface area contributed by atoms with Crippen molar-refractivity contribution >= 4 is 22.5 Å². The lowest BCUT2D eigenvalue weighted by Crippen LogP contribution is -2.32. The molecule has 4 nitrogen and oxygen atoms in total. The number of rotatable bonds is 10. The van der Waals surface area contributed by atoms with Crippen LogP contribution in [0.25, 0.3) is 10.9 Å².